The van der Waals surface area contributed by atoms with Crippen molar-refractivity contribution in [3.05, 3.63) is 33.9 Å². The first-order valence-corrected chi connectivity index (χ1v) is 6.38. The summed E-state index contributed by atoms with van der Waals surface area (Å²) in [6.07, 6.45) is -0.0567. The maximum Gasteiger partial charge on any atom is 0.269 e. The number of aliphatic hydroxyl groups is 1. The Hall–Kier alpha value is -1.66. The first-order valence-electron chi connectivity index (χ1n) is 5.84. The minimum absolute atomic E-state index is 0.00550. The Kier molecular flexibility index (Phi) is 4.01. The van der Waals surface area contributed by atoms with E-state index < -0.39 is 11.0 Å². The summed E-state index contributed by atoms with van der Waals surface area (Å²) >= 11 is 5.54. The number of rotatable bonds is 4. The van der Waals surface area contributed by atoms with Crippen LogP contribution >= 0.6 is 11.6 Å². The fourth-order valence-electron chi connectivity index (χ4n) is 2.12. The van der Waals surface area contributed by atoms with Gasteiger partial charge in [-0.15, -0.1) is 11.6 Å². The number of alkyl halides is 1. The van der Waals surface area contributed by atoms with E-state index in [0.717, 1.165) is 5.56 Å². The Labute approximate surface area is 114 Å². The van der Waals surface area contributed by atoms with Gasteiger partial charge in [0.15, 0.2) is 0 Å². The largest absolute Gasteiger partial charge is 0.390 e. The molecule has 1 amide bonds. The third kappa shape index (κ3) is 2.85. The van der Waals surface area contributed by atoms with Crippen molar-refractivity contribution in [2.45, 2.75) is 18.9 Å². The number of nitro benzene ring substituents is 1. The smallest absolute Gasteiger partial charge is 0.269 e. The van der Waals surface area contributed by atoms with Crippen LogP contribution in [0.4, 0.5) is 11.4 Å². The number of carbonyl (C=O) groups excluding carboxylic acids is 1. The van der Waals surface area contributed by atoms with Gasteiger partial charge >= 0.3 is 0 Å². The molecule has 6 nitrogen and oxygen atoms in total. The molecule has 1 unspecified atom stereocenters. The molecule has 0 aliphatic carbocycles. The van der Waals surface area contributed by atoms with Crippen molar-refractivity contribution < 1.29 is 14.8 Å². The summed E-state index contributed by atoms with van der Waals surface area (Å²) in [7, 11) is 0. The van der Waals surface area contributed by atoms with Crippen molar-refractivity contribution in [2.75, 3.05) is 17.3 Å². The van der Waals surface area contributed by atoms with Crippen LogP contribution < -0.4 is 4.90 Å². The SMILES string of the molecule is O=C1CCc2cc([N+](=O)[O-])ccc2N1CC(O)CCl. The Morgan fingerprint density at radius 2 is 2.21 bits per heavy atom. The summed E-state index contributed by atoms with van der Waals surface area (Å²) in [6.45, 7) is 0.104. The monoisotopic (exact) mass is 284 g/mol. The zero-order valence-corrected chi connectivity index (χ0v) is 10.8. The molecule has 1 heterocycles. The highest BCUT2D eigenvalue weighted by Gasteiger charge is 2.27. The maximum absolute atomic E-state index is 11.9. The molecule has 0 saturated heterocycles. The Morgan fingerprint density at radius 3 is 2.84 bits per heavy atom. The standard InChI is InChI=1S/C12H13ClN2O4/c13-6-10(16)7-14-11-3-2-9(15(18)19)5-8(11)1-4-12(14)17/h2-3,5,10,16H,1,4,6-7H2. The molecule has 0 saturated carbocycles. The van der Waals surface area contributed by atoms with E-state index >= 15 is 0 Å². The highest BCUT2D eigenvalue weighted by molar-refractivity contribution is 6.18. The average Bonchev–Trinajstić information content (AvgIpc) is 2.41. The molecule has 1 atom stereocenters. The number of benzene rings is 1. The summed E-state index contributed by atoms with van der Waals surface area (Å²) < 4.78 is 0. The molecule has 1 N–H and O–H groups in total. The number of hydrogen-bond donors (Lipinski definition) is 1. The van der Waals surface area contributed by atoms with E-state index in [1.807, 2.05) is 0 Å². The van der Waals surface area contributed by atoms with Crippen LogP contribution in [0, 0.1) is 10.1 Å². The van der Waals surface area contributed by atoms with Crippen molar-refractivity contribution in [3.63, 3.8) is 0 Å². The molecule has 2 rings (SSSR count). The quantitative estimate of drug-likeness (QED) is 0.515. The Balaban J connectivity index is 2.33. The van der Waals surface area contributed by atoms with E-state index in [9.17, 15) is 20.0 Å². The van der Waals surface area contributed by atoms with Crippen LogP contribution in [0.15, 0.2) is 18.2 Å². The number of anilines is 1. The zero-order valence-electron chi connectivity index (χ0n) is 10.1. The lowest BCUT2D eigenvalue weighted by Crippen LogP contribution is -2.41. The van der Waals surface area contributed by atoms with Gasteiger partial charge in [-0.1, -0.05) is 0 Å². The second kappa shape index (κ2) is 5.54. The third-order valence-electron chi connectivity index (χ3n) is 3.05. The number of nitrogens with zero attached hydrogens (tertiary/aromatic N) is 2. The van der Waals surface area contributed by atoms with Crippen LogP contribution in [0.1, 0.15) is 12.0 Å². The van der Waals surface area contributed by atoms with E-state index in [-0.39, 0.29) is 30.4 Å². The lowest BCUT2D eigenvalue weighted by atomic mass is 10.00. The predicted octanol–water partition coefficient (Wildman–Crippen LogP) is 1.47. The first kappa shape index (κ1) is 13.8. The molecular weight excluding hydrogens is 272 g/mol. The van der Waals surface area contributed by atoms with Crippen LogP contribution in [-0.4, -0.2) is 34.5 Å². The lowest BCUT2D eigenvalue weighted by molar-refractivity contribution is -0.384. The van der Waals surface area contributed by atoms with Gasteiger partial charge in [-0.05, 0) is 18.1 Å². The molecule has 0 fully saturated rings. The number of hydrogen-bond acceptors (Lipinski definition) is 4. The number of nitro groups is 1. The van der Waals surface area contributed by atoms with E-state index in [4.69, 9.17) is 11.6 Å². The minimum Gasteiger partial charge on any atom is -0.390 e. The molecule has 102 valence electrons. The summed E-state index contributed by atoms with van der Waals surface area (Å²) in [5.41, 5.74) is 1.37. The molecule has 1 aromatic carbocycles. The second-order valence-electron chi connectivity index (χ2n) is 4.38. The summed E-state index contributed by atoms with van der Waals surface area (Å²) in [4.78, 5) is 23.6. The maximum atomic E-state index is 11.9. The van der Waals surface area contributed by atoms with E-state index in [1.54, 1.807) is 6.07 Å². The van der Waals surface area contributed by atoms with Crippen LogP contribution in [0.3, 0.4) is 0 Å². The van der Waals surface area contributed by atoms with Gasteiger partial charge in [0, 0.05) is 24.2 Å². The molecule has 1 aliphatic heterocycles. The van der Waals surface area contributed by atoms with E-state index in [2.05, 4.69) is 0 Å². The number of fused-ring (bicyclic) bond motifs is 1. The highest BCUT2D eigenvalue weighted by Crippen LogP contribution is 2.31. The number of β-amino-alcohol motifs (C(OH)–C–C–N with tert-alkyl or cyclic N) is 1. The van der Waals surface area contributed by atoms with Crippen molar-refractivity contribution >= 4 is 28.9 Å². The van der Waals surface area contributed by atoms with Gasteiger partial charge in [-0.25, -0.2) is 0 Å². The molecule has 0 radical (unpaired) electrons. The number of halogens is 1. The topological polar surface area (TPSA) is 83.7 Å². The Morgan fingerprint density at radius 1 is 1.47 bits per heavy atom. The molecule has 1 aromatic rings. The number of carbonyl (C=O) groups is 1. The van der Waals surface area contributed by atoms with Crippen molar-refractivity contribution in [2.24, 2.45) is 0 Å². The van der Waals surface area contributed by atoms with Gasteiger partial charge in [0.2, 0.25) is 5.91 Å². The first-order chi connectivity index (χ1) is 9.02. The fourth-order valence-corrected chi connectivity index (χ4v) is 2.22. The van der Waals surface area contributed by atoms with Gasteiger partial charge in [0.05, 0.1) is 23.5 Å². The number of aliphatic hydroxyl groups excluding tert-OH is 1. The Bertz CT molecular complexity index is 520. The normalized spacial score (nSPS) is 16.1. The highest BCUT2D eigenvalue weighted by atomic mass is 35.5. The van der Waals surface area contributed by atoms with Crippen molar-refractivity contribution in [1.82, 2.24) is 0 Å². The summed E-state index contributed by atoms with van der Waals surface area (Å²) in [6, 6.07) is 4.38. The molecule has 0 spiro atoms. The molecule has 1 aliphatic rings. The molecule has 7 heteroatoms. The van der Waals surface area contributed by atoms with Gasteiger partial charge < -0.3 is 10.0 Å². The zero-order chi connectivity index (χ0) is 14.0. The third-order valence-corrected chi connectivity index (χ3v) is 3.40. The number of aryl methyl sites for hydroxylation is 1. The van der Waals surface area contributed by atoms with Gasteiger partial charge in [-0.3, -0.25) is 14.9 Å². The number of amides is 1. The van der Waals surface area contributed by atoms with Crippen molar-refractivity contribution in [3.8, 4) is 0 Å². The van der Waals surface area contributed by atoms with Gasteiger partial charge in [-0.2, -0.15) is 0 Å². The van der Waals surface area contributed by atoms with Gasteiger partial charge in [0.1, 0.15) is 0 Å². The summed E-state index contributed by atoms with van der Waals surface area (Å²) in [5.74, 6) is -0.0722. The van der Waals surface area contributed by atoms with E-state index in [0.29, 0.717) is 12.1 Å². The minimum atomic E-state index is -0.813. The van der Waals surface area contributed by atoms with Crippen LogP contribution in [-0.2, 0) is 11.2 Å². The van der Waals surface area contributed by atoms with Crippen molar-refractivity contribution in [1.29, 1.82) is 0 Å². The lowest BCUT2D eigenvalue weighted by Gasteiger charge is -2.30. The fraction of sp³-hybridized carbons (Fsp3) is 0.417. The van der Waals surface area contributed by atoms with Gasteiger partial charge in [0.25, 0.3) is 5.69 Å². The predicted molar refractivity (Wildman–Crippen MR) is 70.5 cm³/mol. The average molecular weight is 285 g/mol. The molecule has 0 bridgehead atoms. The van der Waals surface area contributed by atoms with Crippen LogP contribution in [0.5, 0.6) is 0 Å². The van der Waals surface area contributed by atoms with Crippen LogP contribution in [0.25, 0.3) is 0 Å². The van der Waals surface area contributed by atoms with E-state index in [1.165, 1.54) is 17.0 Å². The number of non-ortho nitro benzene ring substituents is 1. The second-order valence-corrected chi connectivity index (χ2v) is 4.69. The van der Waals surface area contributed by atoms with Crippen LogP contribution in [0.2, 0.25) is 0 Å². The molecule has 19 heavy (non-hydrogen) atoms. The molecule has 0 aromatic heterocycles. The summed E-state index contributed by atoms with van der Waals surface area (Å²) in [5, 5.41) is 20.3. The molecular formula is C12H13ClN2O4.